The van der Waals surface area contributed by atoms with Gasteiger partial charge in [-0.05, 0) is 31.9 Å². The average Bonchev–Trinajstić information content (AvgIpc) is 2.73. The number of amides is 1. The zero-order chi connectivity index (χ0) is 22.5. The third-order valence-electron chi connectivity index (χ3n) is 5.18. The Balaban J connectivity index is 2.14. The summed E-state index contributed by atoms with van der Waals surface area (Å²) in [6.07, 6.45) is -1.18. The number of nitro benzene ring substituents is 1. The van der Waals surface area contributed by atoms with Crippen LogP contribution < -0.4 is 10.2 Å². The van der Waals surface area contributed by atoms with E-state index in [1.807, 2.05) is 11.0 Å². The van der Waals surface area contributed by atoms with E-state index in [-0.39, 0.29) is 17.2 Å². The van der Waals surface area contributed by atoms with Crippen LogP contribution >= 0.6 is 0 Å². The molecule has 1 fully saturated rings. The number of nitriles is 1. The fraction of sp³-hybridized carbons (Fsp3) is 0.550. The Labute approximate surface area is 174 Å². The molecule has 1 aromatic carbocycles. The van der Waals surface area contributed by atoms with Crippen molar-refractivity contribution in [3.8, 4) is 6.07 Å². The largest absolute Gasteiger partial charge is 0.449 e. The lowest BCUT2D eigenvalue weighted by molar-refractivity contribution is -0.384. The van der Waals surface area contributed by atoms with E-state index < -0.39 is 28.4 Å². The zero-order valence-electron chi connectivity index (χ0n) is 17.5. The molecule has 0 spiro atoms. The second kappa shape index (κ2) is 9.54. The summed E-state index contributed by atoms with van der Waals surface area (Å²) in [4.78, 5) is 37.6. The van der Waals surface area contributed by atoms with E-state index in [2.05, 4.69) is 5.32 Å². The minimum atomic E-state index is -1.18. The summed E-state index contributed by atoms with van der Waals surface area (Å²) in [6, 6.07) is 6.11. The molecule has 1 saturated heterocycles. The molecular formula is C20H26N4O6. The highest BCUT2D eigenvalue weighted by molar-refractivity contribution is 5.94. The fourth-order valence-electron chi connectivity index (χ4n) is 2.81. The Kier molecular flexibility index (Phi) is 7.34. The number of rotatable bonds is 7. The van der Waals surface area contributed by atoms with E-state index in [1.54, 1.807) is 20.8 Å². The number of hydrogen-bond donors (Lipinski definition) is 1. The first-order valence-corrected chi connectivity index (χ1v) is 9.64. The maximum Gasteiger partial charge on any atom is 0.339 e. The van der Waals surface area contributed by atoms with Crippen molar-refractivity contribution >= 4 is 23.3 Å². The van der Waals surface area contributed by atoms with Crippen LogP contribution in [0.2, 0.25) is 0 Å². The van der Waals surface area contributed by atoms with Gasteiger partial charge in [0.25, 0.3) is 11.6 Å². The van der Waals surface area contributed by atoms with Crippen molar-refractivity contribution in [2.45, 2.75) is 39.3 Å². The van der Waals surface area contributed by atoms with Crippen molar-refractivity contribution < 1.29 is 24.0 Å². The van der Waals surface area contributed by atoms with Gasteiger partial charge in [0, 0.05) is 19.2 Å². The predicted octanol–water partition coefficient (Wildman–Crippen LogP) is 2.03. The van der Waals surface area contributed by atoms with Crippen LogP contribution in [0.5, 0.6) is 0 Å². The minimum absolute atomic E-state index is 0.0368. The smallest absolute Gasteiger partial charge is 0.339 e. The molecule has 30 heavy (non-hydrogen) atoms. The predicted molar refractivity (Wildman–Crippen MR) is 108 cm³/mol. The SMILES string of the molecule is CC(C)[C@@](C)(C#N)NC(=O)[C@H](C)OC(=O)c1ccc(N2CCOCC2)c([N+](=O)[O-])c1. The number of carbonyl (C=O) groups is 2. The number of anilines is 1. The standard InChI is InChI=1S/C20H26N4O6/c1-13(2)20(4,12-21)22-18(25)14(3)30-19(26)15-5-6-16(17(11-15)24(27)28)23-7-9-29-10-8-23/h5-6,11,13-14H,7-10H2,1-4H3,(H,22,25)/t14-,20+/m0/s1. The Hall–Kier alpha value is -3.19. The fourth-order valence-corrected chi connectivity index (χ4v) is 2.81. The van der Waals surface area contributed by atoms with E-state index in [4.69, 9.17) is 9.47 Å². The van der Waals surface area contributed by atoms with Crippen LogP contribution in [0.3, 0.4) is 0 Å². The van der Waals surface area contributed by atoms with Crippen molar-refractivity contribution in [3.63, 3.8) is 0 Å². The third-order valence-corrected chi connectivity index (χ3v) is 5.18. The molecule has 0 unspecified atom stereocenters. The summed E-state index contributed by atoms with van der Waals surface area (Å²) in [5, 5.41) is 23.4. The number of morpholine rings is 1. The lowest BCUT2D eigenvalue weighted by Crippen LogP contribution is -2.52. The molecular weight excluding hydrogens is 392 g/mol. The third kappa shape index (κ3) is 5.24. The van der Waals surface area contributed by atoms with Gasteiger partial charge in [0.05, 0.1) is 29.8 Å². The van der Waals surface area contributed by atoms with Crippen molar-refractivity contribution in [3.05, 3.63) is 33.9 Å². The Morgan fingerprint density at radius 3 is 2.50 bits per heavy atom. The van der Waals surface area contributed by atoms with Crippen LogP contribution in [-0.2, 0) is 14.3 Å². The summed E-state index contributed by atoms with van der Waals surface area (Å²) >= 11 is 0. The van der Waals surface area contributed by atoms with Crippen molar-refractivity contribution in [2.75, 3.05) is 31.2 Å². The molecule has 1 aliphatic rings. The van der Waals surface area contributed by atoms with Crippen LogP contribution in [0.4, 0.5) is 11.4 Å². The second-order valence-electron chi connectivity index (χ2n) is 7.57. The Morgan fingerprint density at radius 1 is 1.33 bits per heavy atom. The van der Waals surface area contributed by atoms with Gasteiger partial charge in [0.2, 0.25) is 0 Å². The summed E-state index contributed by atoms with van der Waals surface area (Å²) in [5.41, 5.74) is -0.978. The van der Waals surface area contributed by atoms with Gasteiger partial charge in [0.15, 0.2) is 6.10 Å². The molecule has 1 N–H and O–H groups in total. The summed E-state index contributed by atoms with van der Waals surface area (Å²) in [7, 11) is 0. The lowest BCUT2D eigenvalue weighted by Gasteiger charge is -2.29. The number of hydrogen-bond acceptors (Lipinski definition) is 8. The maximum absolute atomic E-state index is 12.5. The van der Waals surface area contributed by atoms with Gasteiger partial charge in [0.1, 0.15) is 11.2 Å². The van der Waals surface area contributed by atoms with E-state index >= 15 is 0 Å². The van der Waals surface area contributed by atoms with Crippen LogP contribution in [0.15, 0.2) is 18.2 Å². The summed E-state index contributed by atoms with van der Waals surface area (Å²) in [6.45, 7) is 8.48. The van der Waals surface area contributed by atoms with E-state index in [0.717, 1.165) is 6.07 Å². The minimum Gasteiger partial charge on any atom is -0.449 e. The van der Waals surface area contributed by atoms with Gasteiger partial charge in [-0.1, -0.05) is 13.8 Å². The molecule has 0 saturated carbocycles. The van der Waals surface area contributed by atoms with Gasteiger partial charge in [-0.2, -0.15) is 5.26 Å². The number of carbonyl (C=O) groups excluding carboxylic acids is 2. The molecule has 1 aliphatic heterocycles. The highest BCUT2D eigenvalue weighted by atomic mass is 16.6. The number of esters is 1. The van der Waals surface area contributed by atoms with Gasteiger partial charge in [-0.3, -0.25) is 14.9 Å². The molecule has 0 aliphatic carbocycles. The van der Waals surface area contributed by atoms with Crippen LogP contribution in [0.1, 0.15) is 38.1 Å². The number of nitrogens with zero attached hydrogens (tertiary/aromatic N) is 3. The van der Waals surface area contributed by atoms with Gasteiger partial charge >= 0.3 is 5.97 Å². The van der Waals surface area contributed by atoms with Gasteiger partial charge in [-0.25, -0.2) is 4.79 Å². The molecule has 1 heterocycles. The molecule has 162 valence electrons. The van der Waals surface area contributed by atoms with Gasteiger partial charge in [-0.15, -0.1) is 0 Å². The first-order chi connectivity index (χ1) is 14.1. The summed E-state index contributed by atoms with van der Waals surface area (Å²) < 4.78 is 10.4. The second-order valence-corrected chi connectivity index (χ2v) is 7.57. The van der Waals surface area contributed by atoms with E-state index in [1.165, 1.54) is 19.1 Å². The number of nitro groups is 1. The molecule has 1 aromatic rings. The Bertz CT molecular complexity index is 859. The van der Waals surface area contributed by atoms with Crippen LogP contribution in [-0.4, -0.2) is 54.7 Å². The van der Waals surface area contributed by atoms with E-state index in [0.29, 0.717) is 32.0 Å². The molecule has 0 bridgehead atoms. The van der Waals surface area contributed by atoms with Gasteiger partial charge < -0.3 is 19.7 Å². The van der Waals surface area contributed by atoms with E-state index in [9.17, 15) is 25.0 Å². The molecule has 10 nitrogen and oxygen atoms in total. The Morgan fingerprint density at radius 2 is 1.97 bits per heavy atom. The molecule has 1 amide bonds. The number of nitrogens with one attached hydrogen (secondary N) is 1. The molecule has 2 atom stereocenters. The number of benzene rings is 1. The lowest BCUT2D eigenvalue weighted by atomic mass is 9.90. The maximum atomic E-state index is 12.5. The topological polar surface area (TPSA) is 135 Å². The quantitative estimate of drug-likeness (QED) is 0.404. The highest BCUT2D eigenvalue weighted by Gasteiger charge is 2.33. The van der Waals surface area contributed by atoms with Crippen LogP contribution in [0, 0.1) is 27.4 Å². The summed E-state index contributed by atoms with van der Waals surface area (Å²) in [5.74, 6) is -1.65. The van der Waals surface area contributed by atoms with Crippen LogP contribution in [0.25, 0.3) is 0 Å². The average molecular weight is 418 g/mol. The first-order valence-electron chi connectivity index (χ1n) is 9.64. The molecule has 2 rings (SSSR count). The molecule has 0 aromatic heterocycles. The van der Waals surface area contributed by atoms with Crippen molar-refractivity contribution in [1.82, 2.24) is 5.32 Å². The first kappa shape index (κ1) is 23.1. The molecule has 10 heteroatoms. The monoisotopic (exact) mass is 418 g/mol. The van der Waals surface area contributed by atoms with Crippen molar-refractivity contribution in [1.29, 1.82) is 5.26 Å². The number of ether oxygens (including phenoxy) is 2. The normalized spacial score (nSPS) is 16.9. The highest BCUT2D eigenvalue weighted by Crippen LogP contribution is 2.30. The molecule has 0 radical (unpaired) electrons. The van der Waals surface area contributed by atoms with Crippen molar-refractivity contribution in [2.24, 2.45) is 5.92 Å². The zero-order valence-corrected chi connectivity index (χ0v) is 17.5.